The zero-order valence-electron chi connectivity index (χ0n) is 54.3. The molecule has 0 fully saturated rings. The highest BCUT2D eigenvalue weighted by atomic mass is 32.1. The van der Waals surface area contributed by atoms with E-state index in [4.69, 9.17) is 4.74 Å². The molecule has 4 aliphatic rings. The monoisotopic (exact) mass is 1340 g/mol. The summed E-state index contributed by atoms with van der Waals surface area (Å²) < 4.78 is 15.0. The van der Waals surface area contributed by atoms with E-state index in [0.717, 1.165) is 108 Å². The number of rotatable bonds is 9. The van der Waals surface area contributed by atoms with E-state index in [9.17, 15) is 0 Å². The molecule has 0 unspecified atom stereocenters. The summed E-state index contributed by atoms with van der Waals surface area (Å²) >= 11 is 5.58. The van der Waals surface area contributed by atoms with Gasteiger partial charge in [0.05, 0.1) is 28.4 Å². The number of nitrogens with zero attached hydrogens (tertiary/aromatic N) is 5. The number of hydrogen-bond donors (Lipinski definition) is 0. The molecule has 0 saturated carbocycles. The van der Waals surface area contributed by atoms with Gasteiger partial charge in [-0.3, -0.25) is 0 Å². The Balaban J connectivity index is 0.893. The Bertz CT molecular complexity index is 6420. The van der Waals surface area contributed by atoms with Crippen molar-refractivity contribution in [3.8, 4) is 11.5 Å². The highest BCUT2D eigenvalue weighted by molar-refractivity contribution is 7.26. The summed E-state index contributed by atoms with van der Waals surface area (Å²) in [6, 6.07) is 124. The number of anilines is 15. The lowest BCUT2D eigenvalue weighted by atomic mass is 9.30. The van der Waals surface area contributed by atoms with Crippen molar-refractivity contribution in [3.63, 3.8) is 0 Å². The summed E-state index contributed by atoms with van der Waals surface area (Å²) in [6.45, 7) is -0.456. The zero-order valence-corrected chi connectivity index (χ0v) is 56.7. The molecule has 0 spiro atoms. The van der Waals surface area contributed by atoms with Crippen molar-refractivity contribution in [3.05, 3.63) is 334 Å². The van der Waals surface area contributed by atoms with Gasteiger partial charge in [0.25, 0.3) is 13.4 Å². The molecule has 4 aliphatic heterocycles. The lowest BCUT2D eigenvalue weighted by Crippen LogP contribution is -2.64. The van der Waals surface area contributed by atoms with Crippen molar-refractivity contribution in [2.75, 3.05) is 24.5 Å². The van der Waals surface area contributed by atoms with Gasteiger partial charge < -0.3 is 29.2 Å². The van der Waals surface area contributed by atoms with Crippen LogP contribution in [0.3, 0.4) is 0 Å². The lowest BCUT2D eigenvalue weighted by Gasteiger charge is -2.47. The van der Waals surface area contributed by atoms with E-state index in [-0.39, 0.29) is 13.4 Å². The van der Waals surface area contributed by atoms with Crippen molar-refractivity contribution in [1.82, 2.24) is 0 Å². The first-order valence-corrected chi connectivity index (χ1v) is 36.9. The van der Waals surface area contributed by atoms with Gasteiger partial charge in [0.2, 0.25) is 0 Å². The maximum Gasteiger partial charge on any atom is 0.256 e. The van der Waals surface area contributed by atoms with Crippen LogP contribution < -0.4 is 62.0 Å². The first kappa shape index (κ1) is 56.9. The highest BCUT2D eigenvalue weighted by Crippen LogP contribution is 2.55. The molecule has 18 aromatic rings. The van der Waals surface area contributed by atoms with E-state index in [1.54, 1.807) is 0 Å². The van der Waals surface area contributed by atoms with Crippen LogP contribution >= 0.6 is 34.0 Å². The van der Waals surface area contributed by atoms with Crippen LogP contribution in [0.15, 0.2) is 334 Å². The number of thiophene rings is 3. The summed E-state index contributed by atoms with van der Waals surface area (Å²) in [7, 11) is 0. The average Bonchev–Trinajstić information content (AvgIpc) is 0.885. The SMILES string of the molecule is c1ccc(N(c2ccccc2)c2cc3c4c(c2)N(c2cccc5sc6ccccc6c25)c2cc5c(cc2B4c2ccccc2N3c2ccccc2)B2c3ccccc3Oc3cc(N(c4ccccc4)c4cccc6sc7ccccc7c46)cc(c32)N5c2cccc3sc4ccccc4c23)cc1. The molecule has 0 amide bonds. The fourth-order valence-electron chi connectivity index (χ4n) is 17.2. The van der Waals surface area contributed by atoms with Gasteiger partial charge in [-0.1, -0.05) is 188 Å². The van der Waals surface area contributed by atoms with Crippen LogP contribution in [0.5, 0.6) is 11.5 Å². The van der Waals surface area contributed by atoms with Crippen molar-refractivity contribution >= 4 is 226 Å². The minimum absolute atomic E-state index is 0.214. The third-order valence-electron chi connectivity index (χ3n) is 21.2. The summed E-state index contributed by atoms with van der Waals surface area (Å²) in [5.74, 6) is 1.69. The van der Waals surface area contributed by atoms with E-state index >= 15 is 0 Å². The second kappa shape index (κ2) is 22.2. The molecular weight excluding hydrogens is 1280 g/mol. The van der Waals surface area contributed by atoms with Gasteiger partial charge in [0.1, 0.15) is 11.5 Å². The van der Waals surface area contributed by atoms with Gasteiger partial charge in [0, 0.05) is 123 Å². The van der Waals surface area contributed by atoms with E-state index < -0.39 is 0 Å². The van der Waals surface area contributed by atoms with E-state index in [1.165, 1.54) is 82.4 Å². The number of ether oxygens (including phenoxy) is 1. The van der Waals surface area contributed by atoms with Gasteiger partial charge in [-0.2, -0.15) is 0 Å². The van der Waals surface area contributed by atoms with E-state index in [0.29, 0.717) is 0 Å². The lowest BCUT2D eigenvalue weighted by molar-refractivity contribution is 0.487. The maximum atomic E-state index is 7.57. The minimum atomic E-state index is -0.241. The number of fused-ring (bicyclic) bond motifs is 17. The minimum Gasteiger partial charge on any atom is -0.458 e. The van der Waals surface area contributed by atoms with Crippen LogP contribution in [0.25, 0.3) is 60.5 Å². The van der Waals surface area contributed by atoms with Crippen molar-refractivity contribution in [2.24, 2.45) is 0 Å². The highest BCUT2D eigenvalue weighted by Gasteiger charge is 2.49. The second-order valence-electron chi connectivity index (χ2n) is 26.6. The first-order valence-electron chi connectivity index (χ1n) is 34.4. The van der Waals surface area contributed by atoms with Crippen LogP contribution in [-0.2, 0) is 0 Å². The molecule has 0 atom stereocenters. The zero-order chi connectivity index (χ0) is 66.0. The van der Waals surface area contributed by atoms with Crippen LogP contribution in [0.2, 0.25) is 0 Å². The van der Waals surface area contributed by atoms with Crippen molar-refractivity contribution in [1.29, 1.82) is 0 Å². The quantitative estimate of drug-likeness (QED) is 0.134. The molecule has 6 nitrogen and oxygen atoms in total. The molecule has 11 heteroatoms. The standard InChI is InChI=1S/C90H55B2N5OS3/c1-5-26-56(27-6-1)93(57-28-7-2-8-29-57)60-50-75-89-76(51-60)96(71-41-24-48-84-87(71)63-35-14-21-45-81(63)100-84)73-55-74-68(54-67(73)91(89)65-37-16-18-39-69(65)95(75)59-32-11-4-12-33-59)92-66-38-17-19-43-78(66)98-79-53-61(52-77(90(79)92)97(74)72-42-25-49-85-88(72)64-36-15-22-46-82(64)101-85)94(58-30-9-3-10-31-58)70-40-23-47-83-86(70)62-34-13-20-44-80(62)99-83/h1-55H. The maximum absolute atomic E-state index is 7.57. The average molecular weight is 1340 g/mol. The van der Waals surface area contributed by atoms with Gasteiger partial charge in [-0.25, -0.2) is 0 Å². The summed E-state index contributed by atoms with van der Waals surface area (Å²) in [5, 5.41) is 7.38. The van der Waals surface area contributed by atoms with Crippen LogP contribution in [0, 0.1) is 0 Å². The third-order valence-corrected chi connectivity index (χ3v) is 24.6. The van der Waals surface area contributed by atoms with Gasteiger partial charge >= 0.3 is 0 Å². The summed E-state index contributed by atoms with van der Waals surface area (Å²) in [6.07, 6.45) is 0. The largest absolute Gasteiger partial charge is 0.458 e. The smallest absolute Gasteiger partial charge is 0.256 e. The number of para-hydroxylation sites is 6. The van der Waals surface area contributed by atoms with Crippen molar-refractivity contribution in [2.45, 2.75) is 0 Å². The van der Waals surface area contributed by atoms with E-state index in [1.807, 2.05) is 34.0 Å². The second-order valence-corrected chi connectivity index (χ2v) is 29.8. The van der Waals surface area contributed by atoms with E-state index in [2.05, 4.69) is 358 Å². The molecule has 3 aromatic heterocycles. The molecular formula is C90H55B2N5OS3. The topological polar surface area (TPSA) is 25.4 Å². The summed E-state index contributed by atoms with van der Waals surface area (Å²) in [5.41, 5.74) is 23.6. The Morgan fingerprint density at radius 1 is 0.248 bits per heavy atom. The molecule has 15 aromatic carbocycles. The van der Waals surface area contributed by atoms with Crippen molar-refractivity contribution < 1.29 is 4.74 Å². The summed E-state index contributed by atoms with van der Waals surface area (Å²) in [4.78, 5) is 12.8. The predicted octanol–water partition coefficient (Wildman–Crippen LogP) is 22.2. The van der Waals surface area contributed by atoms with Crippen LogP contribution in [0.1, 0.15) is 0 Å². The fourth-order valence-corrected chi connectivity index (χ4v) is 20.6. The molecule has 101 heavy (non-hydrogen) atoms. The Labute approximate surface area is 596 Å². The molecule has 22 rings (SSSR count). The molecule has 470 valence electrons. The predicted molar refractivity (Wildman–Crippen MR) is 434 cm³/mol. The molecule has 0 radical (unpaired) electrons. The molecule has 0 saturated heterocycles. The Morgan fingerprint density at radius 3 is 1.25 bits per heavy atom. The van der Waals surface area contributed by atoms with Gasteiger partial charge in [-0.05, 0) is 172 Å². The number of benzene rings is 15. The fraction of sp³-hybridized carbons (Fsp3) is 0. The molecule has 0 bridgehead atoms. The number of hydrogen-bond acceptors (Lipinski definition) is 9. The van der Waals surface area contributed by atoms with Crippen LogP contribution in [-0.4, -0.2) is 13.4 Å². The normalized spacial score (nSPS) is 13.1. The Kier molecular flexibility index (Phi) is 12.5. The van der Waals surface area contributed by atoms with Gasteiger partial charge in [-0.15, -0.1) is 34.0 Å². The molecule has 0 N–H and O–H groups in total. The Hall–Kier alpha value is -12.1. The molecule has 0 aliphatic carbocycles. The molecule has 7 heterocycles. The van der Waals surface area contributed by atoms with Crippen LogP contribution in [0.4, 0.5) is 85.3 Å². The Morgan fingerprint density at radius 2 is 0.663 bits per heavy atom. The first-order chi connectivity index (χ1) is 50.1. The third kappa shape index (κ3) is 8.46. The van der Waals surface area contributed by atoms with Gasteiger partial charge in [0.15, 0.2) is 0 Å².